The predicted molar refractivity (Wildman–Crippen MR) is 46.1 cm³/mol. The Morgan fingerprint density at radius 3 is 2.27 bits per heavy atom. The quantitative estimate of drug-likeness (QED) is 0.641. The van der Waals surface area contributed by atoms with Crippen molar-refractivity contribution in [3.8, 4) is 0 Å². The van der Waals surface area contributed by atoms with Crippen LogP contribution in [-0.4, -0.2) is 17.8 Å². The molecule has 1 rings (SSSR count). The minimum absolute atomic E-state index is 0.0324. The van der Waals surface area contributed by atoms with Gasteiger partial charge in [0.25, 0.3) is 0 Å². The third kappa shape index (κ3) is 1.94. The summed E-state index contributed by atoms with van der Waals surface area (Å²) >= 11 is 0. The van der Waals surface area contributed by atoms with Crippen molar-refractivity contribution in [1.29, 1.82) is 0 Å². The largest absolute Gasteiger partial charge is 0.395 e. The summed E-state index contributed by atoms with van der Waals surface area (Å²) < 4.78 is 0. The molecular weight excluding hydrogens is 138 g/mol. The number of aliphatic hydroxyl groups excluding tert-OH is 1. The summed E-state index contributed by atoms with van der Waals surface area (Å²) in [5.74, 6) is 2.24. The van der Waals surface area contributed by atoms with Crippen molar-refractivity contribution in [3.63, 3.8) is 0 Å². The Hall–Kier alpha value is -0.0800. The third-order valence-electron chi connectivity index (χ3n) is 2.97. The monoisotopic (exact) mass is 157 g/mol. The van der Waals surface area contributed by atoms with Crippen LogP contribution in [0.15, 0.2) is 0 Å². The maximum atomic E-state index is 8.77. The molecule has 0 aromatic rings. The van der Waals surface area contributed by atoms with Crippen LogP contribution in [0.4, 0.5) is 0 Å². The fraction of sp³-hybridized carbons (Fsp3) is 1.00. The van der Waals surface area contributed by atoms with Crippen molar-refractivity contribution in [3.05, 3.63) is 0 Å². The average Bonchev–Trinajstić information content (AvgIpc) is 1.83. The molecule has 0 saturated heterocycles. The first-order valence-electron chi connectivity index (χ1n) is 4.51. The third-order valence-corrected chi connectivity index (χ3v) is 2.97. The van der Waals surface area contributed by atoms with Crippen molar-refractivity contribution >= 4 is 0 Å². The predicted octanol–water partition coefficient (Wildman–Crippen LogP) is 0.988. The number of hydrogen-bond donors (Lipinski definition) is 2. The van der Waals surface area contributed by atoms with Crippen molar-refractivity contribution in [2.75, 3.05) is 6.61 Å². The van der Waals surface area contributed by atoms with E-state index in [1.165, 1.54) is 12.8 Å². The van der Waals surface area contributed by atoms with Gasteiger partial charge in [-0.2, -0.15) is 0 Å². The lowest BCUT2D eigenvalue weighted by molar-refractivity contribution is 0.0914. The van der Waals surface area contributed by atoms with Gasteiger partial charge < -0.3 is 10.8 Å². The number of rotatable bonds is 3. The zero-order chi connectivity index (χ0) is 8.43. The summed E-state index contributed by atoms with van der Waals surface area (Å²) in [6.45, 7) is 4.66. The van der Waals surface area contributed by atoms with E-state index in [2.05, 4.69) is 13.8 Å². The summed E-state index contributed by atoms with van der Waals surface area (Å²) in [4.78, 5) is 0. The highest BCUT2D eigenvalue weighted by Crippen LogP contribution is 2.39. The van der Waals surface area contributed by atoms with Crippen LogP contribution in [0.25, 0.3) is 0 Å². The molecule has 2 heteroatoms. The van der Waals surface area contributed by atoms with Gasteiger partial charge in [0, 0.05) is 6.04 Å². The molecule has 1 unspecified atom stereocenters. The van der Waals surface area contributed by atoms with E-state index < -0.39 is 0 Å². The Kier molecular flexibility index (Phi) is 2.90. The average molecular weight is 157 g/mol. The lowest BCUT2D eigenvalue weighted by Crippen LogP contribution is -2.42. The van der Waals surface area contributed by atoms with E-state index in [9.17, 15) is 0 Å². The fourth-order valence-corrected chi connectivity index (χ4v) is 1.75. The maximum absolute atomic E-state index is 8.77. The summed E-state index contributed by atoms with van der Waals surface area (Å²) in [7, 11) is 0. The highest BCUT2D eigenvalue weighted by molar-refractivity contribution is 4.87. The molecule has 1 aliphatic carbocycles. The molecule has 0 aromatic carbocycles. The molecular formula is C9H19NO. The first-order chi connectivity index (χ1) is 5.15. The van der Waals surface area contributed by atoms with Crippen LogP contribution in [-0.2, 0) is 0 Å². The van der Waals surface area contributed by atoms with Crippen LogP contribution in [0.2, 0.25) is 0 Å². The Balaban J connectivity index is 2.18. The van der Waals surface area contributed by atoms with E-state index in [0.29, 0.717) is 5.92 Å². The smallest absolute Gasteiger partial charge is 0.0585 e. The molecule has 0 amide bonds. The Bertz CT molecular complexity index is 119. The van der Waals surface area contributed by atoms with Crippen LogP contribution in [0, 0.1) is 17.8 Å². The SMILES string of the molecule is CC(C)C1CC(C(N)CO)C1. The minimum atomic E-state index is 0.0324. The molecule has 0 spiro atoms. The Morgan fingerprint density at radius 2 is 1.91 bits per heavy atom. The molecule has 0 radical (unpaired) electrons. The minimum Gasteiger partial charge on any atom is -0.395 e. The first-order valence-corrected chi connectivity index (χ1v) is 4.51. The molecule has 0 heterocycles. The molecule has 66 valence electrons. The van der Waals surface area contributed by atoms with Crippen LogP contribution in [0.1, 0.15) is 26.7 Å². The Labute approximate surface area is 68.8 Å². The Morgan fingerprint density at radius 1 is 1.36 bits per heavy atom. The van der Waals surface area contributed by atoms with Crippen molar-refractivity contribution in [2.45, 2.75) is 32.7 Å². The van der Waals surface area contributed by atoms with E-state index in [1.807, 2.05) is 0 Å². The summed E-state index contributed by atoms with van der Waals surface area (Å²) in [6, 6.07) is 0.0324. The number of aliphatic hydroxyl groups is 1. The second-order valence-electron chi connectivity index (χ2n) is 4.08. The summed E-state index contributed by atoms with van der Waals surface area (Å²) in [5, 5.41) is 8.77. The van der Waals surface area contributed by atoms with Gasteiger partial charge in [-0.05, 0) is 30.6 Å². The molecule has 0 aromatic heterocycles. The van der Waals surface area contributed by atoms with Crippen molar-refractivity contribution < 1.29 is 5.11 Å². The topological polar surface area (TPSA) is 46.2 Å². The van der Waals surface area contributed by atoms with Crippen LogP contribution in [0.5, 0.6) is 0 Å². The maximum Gasteiger partial charge on any atom is 0.0585 e. The van der Waals surface area contributed by atoms with Crippen LogP contribution >= 0.6 is 0 Å². The van der Waals surface area contributed by atoms with Gasteiger partial charge in [0.2, 0.25) is 0 Å². The van der Waals surface area contributed by atoms with Crippen molar-refractivity contribution in [1.82, 2.24) is 0 Å². The molecule has 11 heavy (non-hydrogen) atoms. The normalized spacial score (nSPS) is 33.5. The van der Waals surface area contributed by atoms with E-state index in [1.54, 1.807) is 0 Å². The van der Waals surface area contributed by atoms with Gasteiger partial charge in [0.1, 0.15) is 0 Å². The molecule has 1 fully saturated rings. The van der Waals surface area contributed by atoms with Gasteiger partial charge >= 0.3 is 0 Å². The molecule has 3 N–H and O–H groups in total. The standard InChI is InChI=1S/C9H19NO/c1-6(2)7-3-8(4-7)9(10)5-11/h6-9,11H,3-5,10H2,1-2H3. The number of nitrogens with two attached hydrogens (primary N) is 1. The molecule has 0 aliphatic heterocycles. The van der Waals surface area contributed by atoms with Crippen LogP contribution in [0.3, 0.4) is 0 Å². The molecule has 1 aliphatic rings. The molecule has 1 saturated carbocycles. The summed E-state index contributed by atoms with van der Waals surface area (Å²) in [5.41, 5.74) is 5.69. The second-order valence-corrected chi connectivity index (χ2v) is 4.08. The van der Waals surface area contributed by atoms with E-state index in [4.69, 9.17) is 10.8 Å². The van der Waals surface area contributed by atoms with Crippen LogP contribution < -0.4 is 5.73 Å². The lowest BCUT2D eigenvalue weighted by Gasteiger charge is -2.40. The van der Waals surface area contributed by atoms with Gasteiger partial charge in [-0.1, -0.05) is 13.8 Å². The lowest BCUT2D eigenvalue weighted by atomic mass is 9.67. The van der Waals surface area contributed by atoms with Gasteiger partial charge in [-0.25, -0.2) is 0 Å². The van der Waals surface area contributed by atoms with Gasteiger partial charge in [0.05, 0.1) is 6.61 Å². The zero-order valence-electron chi connectivity index (χ0n) is 7.46. The van der Waals surface area contributed by atoms with Gasteiger partial charge in [0.15, 0.2) is 0 Å². The van der Waals surface area contributed by atoms with Gasteiger partial charge in [-0.15, -0.1) is 0 Å². The molecule has 0 bridgehead atoms. The molecule has 2 nitrogen and oxygen atoms in total. The fourth-order valence-electron chi connectivity index (χ4n) is 1.75. The highest BCUT2D eigenvalue weighted by atomic mass is 16.3. The van der Waals surface area contributed by atoms with E-state index >= 15 is 0 Å². The highest BCUT2D eigenvalue weighted by Gasteiger charge is 2.34. The van der Waals surface area contributed by atoms with E-state index in [-0.39, 0.29) is 12.6 Å². The van der Waals surface area contributed by atoms with Crippen molar-refractivity contribution in [2.24, 2.45) is 23.5 Å². The molecule has 1 atom stereocenters. The summed E-state index contributed by atoms with van der Waals surface area (Å²) in [6.07, 6.45) is 2.44. The zero-order valence-corrected chi connectivity index (χ0v) is 7.46. The van der Waals surface area contributed by atoms with E-state index in [0.717, 1.165) is 11.8 Å². The first kappa shape index (κ1) is 9.01. The van der Waals surface area contributed by atoms with Gasteiger partial charge in [-0.3, -0.25) is 0 Å². The number of hydrogen-bond acceptors (Lipinski definition) is 2. The second kappa shape index (κ2) is 3.55.